The maximum absolute atomic E-state index is 12.3. The number of hydrogen-bond donors (Lipinski definition) is 1. The molecule has 17 heavy (non-hydrogen) atoms. The Hall–Kier alpha value is -1.27. The highest BCUT2D eigenvalue weighted by molar-refractivity contribution is 5.85. The van der Waals surface area contributed by atoms with E-state index in [2.05, 4.69) is 4.74 Å². The Morgan fingerprint density at radius 1 is 1.41 bits per heavy atom. The first kappa shape index (κ1) is 15.7. The summed E-state index contributed by atoms with van der Waals surface area (Å²) in [5.41, 5.74) is 4.86. The summed E-state index contributed by atoms with van der Waals surface area (Å²) in [5, 5.41) is 0. The highest BCUT2D eigenvalue weighted by Gasteiger charge is 2.37. The van der Waals surface area contributed by atoms with Crippen LogP contribution in [0.4, 0.5) is 13.2 Å². The van der Waals surface area contributed by atoms with Gasteiger partial charge in [0.15, 0.2) is 0 Å². The third-order valence-electron chi connectivity index (χ3n) is 1.83. The number of carbonyl (C=O) groups excluding carboxylic acids is 1. The Bertz CT molecular complexity index is 395. The van der Waals surface area contributed by atoms with Gasteiger partial charge in [-0.15, -0.1) is 12.4 Å². The second-order valence-electron chi connectivity index (χ2n) is 3.19. The lowest BCUT2D eigenvalue weighted by atomic mass is 10.1. The minimum absolute atomic E-state index is 0. The quantitative estimate of drug-likeness (QED) is 0.663. The van der Waals surface area contributed by atoms with Crippen molar-refractivity contribution >= 4 is 18.4 Å². The molecule has 96 valence electrons. The van der Waals surface area contributed by atoms with Crippen molar-refractivity contribution in [3.8, 4) is 5.75 Å². The highest BCUT2D eigenvalue weighted by Crippen LogP contribution is 2.31. The normalized spacial score (nSPS) is 12.5. The number of carbonyl (C=O) groups is 1. The van der Waals surface area contributed by atoms with Gasteiger partial charge in [-0.2, -0.15) is 13.2 Å². The second-order valence-corrected chi connectivity index (χ2v) is 3.19. The fourth-order valence-electron chi connectivity index (χ4n) is 1.13. The summed E-state index contributed by atoms with van der Waals surface area (Å²) in [7, 11) is 0. The van der Waals surface area contributed by atoms with E-state index < -0.39 is 18.2 Å². The van der Waals surface area contributed by atoms with Gasteiger partial charge in [-0.1, -0.05) is 12.1 Å². The standard InChI is InChI=1S/C10H10F3NO2.ClH/c1-6(15)16-8-4-2-3-7(5-8)9(14)10(11,12)13;/h2-5,9H,14H2,1H3;1H/t9-;/m1./s1. The van der Waals surface area contributed by atoms with Crippen molar-refractivity contribution in [3.63, 3.8) is 0 Å². The maximum atomic E-state index is 12.3. The maximum Gasteiger partial charge on any atom is 0.407 e. The van der Waals surface area contributed by atoms with Gasteiger partial charge < -0.3 is 10.5 Å². The minimum Gasteiger partial charge on any atom is -0.427 e. The van der Waals surface area contributed by atoms with Gasteiger partial charge in [-0.3, -0.25) is 4.79 Å². The predicted molar refractivity (Wildman–Crippen MR) is 58.0 cm³/mol. The summed E-state index contributed by atoms with van der Waals surface area (Å²) >= 11 is 0. The summed E-state index contributed by atoms with van der Waals surface area (Å²) in [4.78, 5) is 10.6. The van der Waals surface area contributed by atoms with E-state index in [0.717, 1.165) is 13.0 Å². The zero-order valence-electron chi connectivity index (χ0n) is 8.82. The van der Waals surface area contributed by atoms with Crippen LogP contribution in [0.1, 0.15) is 18.5 Å². The van der Waals surface area contributed by atoms with Crippen molar-refractivity contribution in [2.45, 2.75) is 19.1 Å². The van der Waals surface area contributed by atoms with Gasteiger partial charge in [0.2, 0.25) is 0 Å². The van der Waals surface area contributed by atoms with Crippen molar-refractivity contribution in [1.29, 1.82) is 0 Å². The van der Waals surface area contributed by atoms with Gasteiger partial charge in [-0.25, -0.2) is 0 Å². The monoisotopic (exact) mass is 269 g/mol. The lowest BCUT2D eigenvalue weighted by molar-refractivity contribution is -0.149. The summed E-state index contributed by atoms with van der Waals surface area (Å²) in [6.07, 6.45) is -4.52. The molecule has 0 aromatic heterocycles. The van der Waals surface area contributed by atoms with E-state index in [1.165, 1.54) is 18.2 Å². The molecule has 1 atom stereocenters. The van der Waals surface area contributed by atoms with Crippen LogP contribution in [0.2, 0.25) is 0 Å². The predicted octanol–water partition coefficient (Wildman–Crippen LogP) is 2.60. The fourth-order valence-corrected chi connectivity index (χ4v) is 1.13. The smallest absolute Gasteiger partial charge is 0.407 e. The molecule has 7 heteroatoms. The Kier molecular flexibility index (Phi) is 5.44. The first-order valence-corrected chi connectivity index (χ1v) is 4.41. The summed E-state index contributed by atoms with van der Waals surface area (Å²) in [5.74, 6) is -0.553. The number of halogens is 4. The second kappa shape index (κ2) is 5.88. The van der Waals surface area contributed by atoms with Crippen LogP contribution in [0, 0.1) is 0 Å². The Morgan fingerprint density at radius 2 is 2.00 bits per heavy atom. The summed E-state index contributed by atoms with van der Waals surface area (Å²) < 4.78 is 41.5. The van der Waals surface area contributed by atoms with Gasteiger partial charge in [0.1, 0.15) is 11.8 Å². The molecule has 0 spiro atoms. The van der Waals surface area contributed by atoms with Gasteiger partial charge >= 0.3 is 12.1 Å². The average molecular weight is 270 g/mol. The third-order valence-corrected chi connectivity index (χ3v) is 1.83. The molecule has 0 radical (unpaired) electrons. The van der Waals surface area contributed by atoms with E-state index in [9.17, 15) is 18.0 Å². The van der Waals surface area contributed by atoms with E-state index in [-0.39, 0.29) is 23.7 Å². The first-order valence-electron chi connectivity index (χ1n) is 4.41. The van der Waals surface area contributed by atoms with Crippen LogP contribution >= 0.6 is 12.4 Å². The lowest BCUT2D eigenvalue weighted by Gasteiger charge is -2.16. The van der Waals surface area contributed by atoms with Crippen LogP contribution in [-0.2, 0) is 4.79 Å². The van der Waals surface area contributed by atoms with Gasteiger partial charge in [0, 0.05) is 6.92 Å². The Morgan fingerprint density at radius 3 is 2.47 bits per heavy atom. The molecule has 0 saturated heterocycles. The Balaban J connectivity index is 0.00000256. The lowest BCUT2D eigenvalue weighted by Crippen LogP contribution is -2.28. The molecule has 0 bridgehead atoms. The number of nitrogens with two attached hydrogens (primary N) is 1. The molecule has 3 nitrogen and oxygen atoms in total. The van der Waals surface area contributed by atoms with E-state index in [0.29, 0.717) is 0 Å². The fraction of sp³-hybridized carbons (Fsp3) is 0.300. The molecular formula is C10H11ClF3NO2. The number of alkyl halides is 3. The molecule has 0 amide bonds. The van der Waals surface area contributed by atoms with Gasteiger partial charge in [0.05, 0.1) is 0 Å². The molecule has 1 rings (SSSR count). The zero-order valence-corrected chi connectivity index (χ0v) is 9.64. The summed E-state index contributed by atoms with van der Waals surface area (Å²) in [6, 6.07) is 2.97. The molecular weight excluding hydrogens is 259 g/mol. The molecule has 2 N–H and O–H groups in total. The van der Waals surface area contributed by atoms with Crippen LogP contribution in [-0.4, -0.2) is 12.1 Å². The number of ether oxygens (including phenoxy) is 1. The van der Waals surface area contributed by atoms with E-state index >= 15 is 0 Å². The minimum atomic E-state index is -4.52. The average Bonchev–Trinajstić information content (AvgIpc) is 2.14. The zero-order chi connectivity index (χ0) is 12.3. The van der Waals surface area contributed by atoms with Gasteiger partial charge in [0.25, 0.3) is 0 Å². The largest absolute Gasteiger partial charge is 0.427 e. The SMILES string of the molecule is CC(=O)Oc1cccc([C@@H](N)C(F)(F)F)c1.Cl. The molecule has 0 heterocycles. The number of hydrogen-bond acceptors (Lipinski definition) is 3. The van der Waals surface area contributed by atoms with Crippen molar-refractivity contribution in [3.05, 3.63) is 29.8 Å². The Labute approximate surface area is 102 Å². The van der Waals surface area contributed by atoms with Crippen LogP contribution in [0.3, 0.4) is 0 Å². The van der Waals surface area contributed by atoms with Crippen LogP contribution in [0.5, 0.6) is 5.75 Å². The van der Waals surface area contributed by atoms with E-state index in [4.69, 9.17) is 5.73 Å². The molecule has 0 aliphatic carbocycles. The molecule has 0 fully saturated rings. The molecule has 0 unspecified atom stereocenters. The first-order chi connectivity index (χ1) is 7.30. The third kappa shape index (κ3) is 4.62. The number of benzene rings is 1. The molecule has 0 aliphatic rings. The number of rotatable bonds is 2. The number of esters is 1. The van der Waals surface area contributed by atoms with Crippen molar-refractivity contribution < 1.29 is 22.7 Å². The van der Waals surface area contributed by atoms with Crippen molar-refractivity contribution in [1.82, 2.24) is 0 Å². The van der Waals surface area contributed by atoms with Crippen LogP contribution in [0.25, 0.3) is 0 Å². The topological polar surface area (TPSA) is 52.3 Å². The molecule has 0 aliphatic heterocycles. The summed E-state index contributed by atoms with van der Waals surface area (Å²) in [6.45, 7) is 1.16. The van der Waals surface area contributed by atoms with Gasteiger partial charge in [-0.05, 0) is 17.7 Å². The molecule has 0 saturated carbocycles. The van der Waals surface area contributed by atoms with Crippen molar-refractivity contribution in [2.75, 3.05) is 0 Å². The molecule has 1 aromatic rings. The highest BCUT2D eigenvalue weighted by atomic mass is 35.5. The van der Waals surface area contributed by atoms with E-state index in [1.54, 1.807) is 0 Å². The van der Waals surface area contributed by atoms with E-state index in [1.807, 2.05) is 0 Å². The van der Waals surface area contributed by atoms with Crippen LogP contribution < -0.4 is 10.5 Å². The van der Waals surface area contributed by atoms with Crippen molar-refractivity contribution in [2.24, 2.45) is 5.73 Å². The molecule has 1 aromatic carbocycles. The van der Waals surface area contributed by atoms with Crippen LogP contribution in [0.15, 0.2) is 24.3 Å².